The van der Waals surface area contributed by atoms with Crippen LogP contribution < -0.4 is 11.5 Å². The summed E-state index contributed by atoms with van der Waals surface area (Å²) in [7, 11) is 0. The molecule has 0 aliphatic carbocycles. The SMILES string of the molecule is Nc1ccc(Cc2ccc(F)cc2)nc1N. The van der Waals surface area contributed by atoms with Crippen molar-refractivity contribution >= 4 is 11.5 Å². The molecule has 1 aromatic heterocycles. The van der Waals surface area contributed by atoms with E-state index in [0.717, 1.165) is 11.3 Å². The van der Waals surface area contributed by atoms with Crippen molar-refractivity contribution in [2.45, 2.75) is 6.42 Å². The first kappa shape index (κ1) is 10.4. The van der Waals surface area contributed by atoms with Gasteiger partial charge in [0.1, 0.15) is 11.6 Å². The molecule has 1 heterocycles. The topological polar surface area (TPSA) is 64.9 Å². The molecule has 16 heavy (non-hydrogen) atoms. The second-order valence-electron chi connectivity index (χ2n) is 3.58. The third-order valence-electron chi connectivity index (χ3n) is 2.31. The summed E-state index contributed by atoms with van der Waals surface area (Å²) in [5.74, 6) is 0.0909. The maximum atomic E-state index is 12.7. The van der Waals surface area contributed by atoms with Gasteiger partial charge in [-0.15, -0.1) is 0 Å². The Morgan fingerprint density at radius 2 is 1.69 bits per heavy atom. The first-order valence-corrected chi connectivity index (χ1v) is 4.90. The van der Waals surface area contributed by atoms with Crippen LogP contribution in [0, 0.1) is 5.82 Å². The zero-order chi connectivity index (χ0) is 11.5. The molecule has 0 bridgehead atoms. The summed E-state index contributed by atoms with van der Waals surface area (Å²) in [6.07, 6.45) is 0.616. The molecule has 82 valence electrons. The number of aromatic nitrogens is 1. The van der Waals surface area contributed by atoms with Crippen molar-refractivity contribution in [2.24, 2.45) is 0 Å². The molecule has 0 saturated carbocycles. The highest BCUT2D eigenvalue weighted by Crippen LogP contribution is 2.14. The molecule has 0 unspecified atom stereocenters. The Labute approximate surface area is 92.9 Å². The van der Waals surface area contributed by atoms with Gasteiger partial charge in [0.25, 0.3) is 0 Å². The summed E-state index contributed by atoms with van der Waals surface area (Å²) in [4.78, 5) is 4.15. The first-order valence-electron chi connectivity index (χ1n) is 4.90. The Balaban J connectivity index is 2.20. The van der Waals surface area contributed by atoms with Crippen molar-refractivity contribution in [3.05, 3.63) is 53.5 Å². The van der Waals surface area contributed by atoms with E-state index in [1.54, 1.807) is 18.2 Å². The van der Waals surface area contributed by atoms with E-state index < -0.39 is 0 Å². The summed E-state index contributed by atoms with van der Waals surface area (Å²) < 4.78 is 12.7. The minimum atomic E-state index is -0.242. The Kier molecular flexibility index (Phi) is 2.72. The molecule has 4 heteroatoms. The molecule has 0 spiro atoms. The number of rotatable bonds is 2. The average Bonchev–Trinajstić information content (AvgIpc) is 2.27. The minimum absolute atomic E-state index is 0.242. The van der Waals surface area contributed by atoms with Crippen LogP contribution in [0.15, 0.2) is 36.4 Å². The Hall–Kier alpha value is -2.10. The number of benzene rings is 1. The Morgan fingerprint density at radius 3 is 2.31 bits per heavy atom. The molecule has 0 amide bonds. The lowest BCUT2D eigenvalue weighted by Crippen LogP contribution is -2.01. The van der Waals surface area contributed by atoms with Crippen LogP contribution in [0.25, 0.3) is 0 Å². The van der Waals surface area contributed by atoms with Gasteiger partial charge in [-0.25, -0.2) is 9.37 Å². The van der Waals surface area contributed by atoms with Crippen molar-refractivity contribution in [3.63, 3.8) is 0 Å². The number of nitrogens with zero attached hydrogens (tertiary/aromatic N) is 1. The maximum absolute atomic E-state index is 12.7. The highest BCUT2D eigenvalue weighted by Gasteiger charge is 2.01. The molecule has 2 aromatic rings. The number of pyridine rings is 1. The standard InChI is InChI=1S/C12H12FN3/c13-9-3-1-8(2-4-9)7-10-5-6-11(14)12(15)16-10/h1-6H,7,14H2,(H2,15,16). The van der Waals surface area contributed by atoms with E-state index in [1.165, 1.54) is 12.1 Å². The highest BCUT2D eigenvalue weighted by atomic mass is 19.1. The zero-order valence-electron chi connectivity index (χ0n) is 8.65. The minimum Gasteiger partial charge on any atom is -0.396 e. The van der Waals surface area contributed by atoms with E-state index in [2.05, 4.69) is 4.98 Å². The van der Waals surface area contributed by atoms with Gasteiger partial charge < -0.3 is 11.5 Å². The largest absolute Gasteiger partial charge is 0.396 e. The fraction of sp³-hybridized carbons (Fsp3) is 0.0833. The van der Waals surface area contributed by atoms with Crippen molar-refractivity contribution in [1.82, 2.24) is 4.98 Å². The molecular formula is C12H12FN3. The quantitative estimate of drug-likeness (QED) is 0.808. The van der Waals surface area contributed by atoms with Gasteiger partial charge in [0.2, 0.25) is 0 Å². The molecule has 0 fully saturated rings. The van der Waals surface area contributed by atoms with Crippen LogP contribution in [0.2, 0.25) is 0 Å². The van der Waals surface area contributed by atoms with Crippen molar-refractivity contribution < 1.29 is 4.39 Å². The highest BCUT2D eigenvalue weighted by molar-refractivity contribution is 5.58. The van der Waals surface area contributed by atoms with Gasteiger partial charge in [-0.1, -0.05) is 12.1 Å². The van der Waals surface area contributed by atoms with Gasteiger partial charge in [-0.05, 0) is 29.8 Å². The summed E-state index contributed by atoms with van der Waals surface area (Å²) in [6.45, 7) is 0. The molecule has 3 nitrogen and oxygen atoms in total. The van der Waals surface area contributed by atoms with Crippen molar-refractivity contribution in [2.75, 3.05) is 11.5 Å². The molecule has 0 atom stereocenters. The fourth-order valence-electron chi connectivity index (χ4n) is 1.44. The van der Waals surface area contributed by atoms with Gasteiger partial charge in [0, 0.05) is 12.1 Å². The summed E-state index contributed by atoms with van der Waals surface area (Å²) in [5, 5.41) is 0. The smallest absolute Gasteiger partial charge is 0.146 e. The predicted molar refractivity (Wildman–Crippen MR) is 62.3 cm³/mol. The number of nitrogens with two attached hydrogens (primary N) is 2. The molecule has 0 aliphatic rings. The summed E-state index contributed by atoms with van der Waals surface area (Å²) >= 11 is 0. The Morgan fingerprint density at radius 1 is 1.00 bits per heavy atom. The Bertz CT molecular complexity index is 494. The third kappa shape index (κ3) is 2.28. The van der Waals surface area contributed by atoms with Crippen LogP contribution in [0.5, 0.6) is 0 Å². The van der Waals surface area contributed by atoms with Crippen molar-refractivity contribution in [3.8, 4) is 0 Å². The van der Waals surface area contributed by atoms with Gasteiger partial charge in [0.05, 0.1) is 5.69 Å². The van der Waals surface area contributed by atoms with Gasteiger partial charge >= 0.3 is 0 Å². The predicted octanol–water partition coefficient (Wildman–Crippen LogP) is 1.98. The molecular weight excluding hydrogens is 205 g/mol. The van der Waals surface area contributed by atoms with Crippen LogP contribution in [0.1, 0.15) is 11.3 Å². The number of hydrogen-bond acceptors (Lipinski definition) is 3. The summed E-state index contributed by atoms with van der Waals surface area (Å²) in [6, 6.07) is 9.84. The number of anilines is 2. The molecule has 0 radical (unpaired) electrons. The van der Waals surface area contributed by atoms with Crippen molar-refractivity contribution in [1.29, 1.82) is 0 Å². The number of halogens is 1. The molecule has 0 saturated heterocycles. The fourth-order valence-corrected chi connectivity index (χ4v) is 1.44. The van der Waals surface area contributed by atoms with E-state index in [9.17, 15) is 4.39 Å². The van der Waals surface area contributed by atoms with Gasteiger partial charge in [-0.2, -0.15) is 0 Å². The van der Waals surface area contributed by atoms with E-state index in [4.69, 9.17) is 11.5 Å². The van der Waals surface area contributed by atoms with Crippen LogP contribution >= 0.6 is 0 Å². The second kappa shape index (κ2) is 4.18. The van der Waals surface area contributed by atoms with Crippen LogP contribution in [0.3, 0.4) is 0 Å². The second-order valence-corrected chi connectivity index (χ2v) is 3.58. The number of hydrogen-bond donors (Lipinski definition) is 2. The molecule has 4 N–H and O–H groups in total. The van der Waals surface area contributed by atoms with E-state index in [1.807, 2.05) is 6.07 Å². The first-order chi connectivity index (χ1) is 7.65. The van der Waals surface area contributed by atoms with Gasteiger partial charge in [-0.3, -0.25) is 0 Å². The van der Waals surface area contributed by atoms with Crippen LogP contribution in [0.4, 0.5) is 15.9 Å². The zero-order valence-corrected chi connectivity index (χ0v) is 8.65. The van der Waals surface area contributed by atoms with E-state index in [-0.39, 0.29) is 5.82 Å². The lowest BCUT2D eigenvalue weighted by molar-refractivity contribution is 0.627. The lowest BCUT2D eigenvalue weighted by atomic mass is 10.1. The van der Waals surface area contributed by atoms with E-state index in [0.29, 0.717) is 17.9 Å². The lowest BCUT2D eigenvalue weighted by Gasteiger charge is -2.04. The molecule has 2 rings (SSSR count). The van der Waals surface area contributed by atoms with Crippen LogP contribution in [-0.4, -0.2) is 4.98 Å². The van der Waals surface area contributed by atoms with Gasteiger partial charge in [0.15, 0.2) is 0 Å². The third-order valence-corrected chi connectivity index (χ3v) is 2.31. The maximum Gasteiger partial charge on any atom is 0.146 e. The van der Waals surface area contributed by atoms with E-state index >= 15 is 0 Å². The normalized spacial score (nSPS) is 10.3. The van der Waals surface area contributed by atoms with Crippen LogP contribution in [-0.2, 0) is 6.42 Å². The molecule has 1 aromatic carbocycles. The molecule has 0 aliphatic heterocycles. The monoisotopic (exact) mass is 217 g/mol. The number of nitrogen functional groups attached to an aromatic ring is 2. The summed E-state index contributed by atoms with van der Waals surface area (Å²) in [5.41, 5.74) is 13.4. The average molecular weight is 217 g/mol.